The van der Waals surface area contributed by atoms with Crippen LogP contribution in [0.4, 0.5) is 5.69 Å². The normalized spacial score (nSPS) is 14.3. The molecule has 11 nitrogen and oxygen atoms in total. The standard InChI is InChI=1S/C26H28N8O3S/c1-5-17(13-18-7-12-38-16(18)4)23-30-26-29-19(6-2)21(25(37)34(26)31-23)32-8-10-33(11-9-32)24(36)20-22(35)15(3)27-14-28-20/h5,7,12-14,35H,1,6,8-11H2,2-4H3,(H,29,30,31)/b17-13+. The molecule has 0 bridgehead atoms. The molecule has 12 heteroatoms. The number of hydrogen-bond acceptors (Lipinski definition) is 9. The number of amides is 1. The summed E-state index contributed by atoms with van der Waals surface area (Å²) in [5.74, 6) is 0.225. The number of piperazine rings is 1. The summed E-state index contributed by atoms with van der Waals surface area (Å²) in [5.41, 5.74) is 3.05. The molecule has 196 valence electrons. The van der Waals surface area contributed by atoms with Crippen molar-refractivity contribution in [3.05, 3.63) is 74.1 Å². The first-order valence-electron chi connectivity index (χ1n) is 12.3. The topological polar surface area (TPSA) is 133 Å². The van der Waals surface area contributed by atoms with E-state index in [2.05, 4.69) is 26.6 Å². The van der Waals surface area contributed by atoms with Gasteiger partial charge in [-0.3, -0.25) is 14.7 Å². The Morgan fingerprint density at radius 3 is 2.63 bits per heavy atom. The van der Waals surface area contributed by atoms with E-state index in [-0.39, 0.29) is 22.9 Å². The van der Waals surface area contributed by atoms with Crippen molar-refractivity contribution in [2.45, 2.75) is 27.2 Å². The highest BCUT2D eigenvalue weighted by Gasteiger charge is 2.29. The van der Waals surface area contributed by atoms with Crippen LogP contribution in [-0.4, -0.2) is 71.6 Å². The number of aromatic nitrogens is 6. The predicted molar refractivity (Wildman–Crippen MR) is 147 cm³/mol. The van der Waals surface area contributed by atoms with Crippen molar-refractivity contribution in [2.24, 2.45) is 0 Å². The molecule has 5 rings (SSSR count). The number of anilines is 1. The van der Waals surface area contributed by atoms with Crippen molar-refractivity contribution in [2.75, 3.05) is 31.1 Å². The van der Waals surface area contributed by atoms with E-state index in [4.69, 9.17) is 4.98 Å². The van der Waals surface area contributed by atoms with Crippen LogP contribution in [0.1, 0.15) is 45.1 Å². The summed E-state index contributed by atoms with van der Waals surface area (Å²) in [7, 11) is 0. The molecular formula is C26H28N8O3S. The molecule has 5 heterocycles. The first-order valence-corrected chi connectivity index (χ1v) is 13.1. The van der Waals surface area contributed by atoms with Gasteiger partial charge in [-0.1, -0.05) is 19.6 Å². The van der Waals surface area contributed by atoms with E-state index < -0.39 is 0 Å². The summed E-state index contributed by atoms with van der Waals surface area (Å²) < 4.78 is 1.36. The highest BCUT2D eigenvalue weighted by Crippen LogP contribution is 2.24. The quantitative estimate of drug-likeness (QED) is 0.362. The van der Waals surface area contributed by atoms with Gasteiger partial charge in [0, 0.05) is 36.6 Å². The fraction of sp³-hybridized carbons (Fsp3) is 0.308. The van der Waals surface area contributed by atoms with Gasteiger partial charge >= 0.3 is 0 Å². The molecule has 38 heavy (non-hydrogen) atoms. The lowest BCUT2D eigenvalue weighted by Gasteiger charge is -2.36. The fourth-order valence-corrected chi connectivity index (χ4v) is 5.17. The van der Waals surface area contributed by atoms with Crippen molar-refractivity contribution in [3.63, 3.8) is 0 Å². The van der Waals surface area contributed by atoms with Crippen molar-refractivity contribution < 1.29 is 9.90 Å². The van der Waals surface area contributed by atoms with Gasteiger partial charge < -0.3 is 14.9 Å². The second kappa shape index (κ2) is 10.2. The van der Waals surface area contributed by atoms with Gasteiger partial charge in [0.15, 0.2) is 17.3 Å². The lowest BCUT2D eigenvalue weighted by molar-refractivity contribution is 0.0737. The molecule has 4 aromatic rings. The van der Waals surface area contributed by atoms with Crippen LogP contribution in [0.15, 0.2) is 35.2 Å². The number of allylic oxidation sites excluding steroid dienone is 2. The number of rotatable bonds is 6. The summed E-state index contributed by atoms with van der Waals surface area (Å²) in [6, 6.07) is 2.03. The Morgan fingerprint density at radius 1 is 1.21 bits per heavy atom. The Balaban J connectivity index is 1.43. The SMILES string of the molecule is C=C/C(=C\c1ccsc1C)c1nc2nc(CC)c(N3CCN(C(=O)c4ncnc(C)c4O)CC3)c(=O)n2[nH]1. The van der Waals surface area contributed by atoms with Gasteiger partial charge in [-0.2, -0.15) is 9.50 Å². The average molecular weight is 533 g/mol. The van der Waals surface area contributed by atoms with Crippen LogP contribution >= 0.6 is 11.3 Å². The van der Waals surface area contributed by atoms with E-state index in [0.717, 1.165) is 11.1 Å². The lowest BCUT2D eigenvalue weighted by atomic mass is 10.1. The second-order valence-corrected chi connectivity index (χ2v) is 10.1. The minimum Gasteiger partial charge on any atom is -0.504 e. The third-order valence-electron chi connectivity index (χ3n) is 6.67. The summed E-state index contributed by atoms with van der Waals surface area (Å²) in [4.78, 5) is 48.5. The molecule has 4 aromatic heterocycles. The van der Waals surface area contributed by atoms with Gasteiger partial charge in [0.25, 0.3) is 17.2 Å². The van der Waals surface area contributed by atoms with E-state index in [0.29, 0.717) is 61.3 Å². The summed E-state index contributed by atoms with van der Waals surface area (Å²) in [6.07, 6.45) is 5.50. The summed E-state index contributed by atoms with van der Waals surface area (Å²) >= 11 is 1.66. The highest BCUT2D eigenvalue weighted by atomic mass is 32.1. The van der Waals surface area contributed by atoms with Crippen LogP contribution in [-0.2, 0) is 6.42 Å². The van der Waals surface area contributed by atoms with E-state index >= 15 is 0 Å². The first kappa shape index (κ1) is 25.3. The van der Waals surface area contributed by atoms with Crippen molar-refractivity contribution in [1.29, 1.82) is 0 Å². The maximum Gasteiger partial charge on any atom is 0.297 e. The zero-order valence-corrected chi connectivity index (χ0v) is 22.2. The molecule has 1 fully saturated rings. The Bertz CT molecular complexity index is 1630. The average Bonchev–Trinajstić information content (AvgIpc) is 3.54. The third kappa shape index (κ3) is 4.47. The second-order valence-electron chi connectivity index (χ2n) is 8.94. The molecule has 0 saturated carbocycles. The van der Waals surface area contributed by atoms with Gasteiger partial charge in [-0.05, 0) is 43.4 Å². The number of aryl methyl sites for hydroxylation is 3. The number of aromatic hydroxyl groups is 1. The largest absolute Gasteiger partial charge is 0.504 e. The molecule has 0 unspecified atom stereocenters. The molecule has 1 aliphatic heterocycles. The van der Waals surface area contributed by atoms with E-state index in [1.807, 2.05) is 36.3 Å². The summed E-state index contributed by atoms with van der Waals surface area (Å²) in [5, 5.41) is 15.3. The molecule has 0 atom stereocenters. The summed E-state index contributed by atoms with van der Waals surface area (Å²) in [6.45, 7) is 11.1. The molecule has 0 radical (unpaired) electrons. The van der Waals surface area contributed by atoms with Crippen molar-refractivity contribution in [3.8, 4) is 5.75 Å². The van der Waals surface area contributed by atoms with Crippen LogP contribution < -0.4 is 10.5 Å². The third-order valence-corrected chi connectivity index (χ3v) is 7.53. The van der Waals surface area contributed by atoms with Crippen molar-refractivity contribution in [1.82, 2.24) is 34.4 Å². The molecule has 1 amide bonds. The van der Waals surface area contributed by atoms with Gasteiger partial charge in [0.2, 0.25) is 0 Å². The zero-order valence-electron chi connectivity index (χ0n) is 21.4. The highest BCUT2D eigenvalue weighted by molar-refractivity contribution is 7.10. The van der Waals surface area contributed by atoms with Gasteiger partial charge in [0.05, 0.1) is 11.4 Å². The van der Waals surface area contributed by atoms with Crippen LogP contribution in [0.5, 0.6) is 5.75 Å². The minimum atomic E-state index is -0.364. The maximum absolute atomic E-state index is 13.7. The Hall–Kier alpha value is -4.32. The van der Waals surface area contributed by atoms with Crippen molar-refractivity contribution >= 4 is 40.4 Å². The first-order chi connectivity index (χ1) is 18.3. The van der Waals surface area contributed by atoms with Crippen LogP contribution in [0, 0.1) is 13.8 Å². The number of thiophene rings is 1. The number of hydrogen-bond donors (Lipinski definition) is 2. The Labute approximate surface area is 222 Å². The number of nitrogens with zero attached hydrogens (tertiary/aromatic N) is 7. The van der Waals surface area contributed by atoms with Gasteiger partial charge in [-0.25, -0.2) is 15.0 Å². The smallest absolute Gasteiger partial charge is 0.297 e. The van der Waals surface area contributed by atoms with E-state index in [1.165, 1.54) is 15.7 Å². The fourth-order valence-electron chi connectivity index (χ4n) is 4.49. The molecular weight excluding hydrogens is 504 g/mol. The van der Waals surface area contributed by atoms with Crippen LogP contribution in [0.2, 0.25) is 0 Å². The van der Waals surface area contributed by atoms with E-state index in [9.17, 15) is 14.7 Å². The predicted octanol–water partition coefficient (Wildman–Crippen LogP) is 2.84. The number of fused-ring (bicyclic) bond motifs is 1. The Morgan fingerprint density at radius 2 is 1.97 bits per heavy atom. The number of carbonyl (C=O) groups is 1. The number of carbonyl (C=O) groups excluding carboxylic acids is 1. The molecule has 2 N–H and O–H groups in total. The van der Waals surface area contributed by atoms with E-state index in [1.54, 1.807) is 29.2 Å². The molecule has 0 aliphatic carbocycles. The monoisotopic (exact) mass is 532 g/mol. The maximum atomic E-state index is 13.7. The number of H-pyrrole nitrogens is 1. The number of aromatic amines is 1. The lowest BCUT2D eigenvalue weighted by Crippen LogP contribution is -2.50. The van der Waals surface area contributed by atoms with Gasteiger partial charge in [-0.15, -0.1) is 11.3 Å². The minimum absolute atomic E-state index is 0.0166. The number of nitrogens with one attached hydrogen (secondary N) is 1. The molecule has 0 spiro atoms. The van der Waals surface area contributed by atoms with Crippen LogP contribution in [0.3, 0.4) is 0 Å². The molecule has 1 aliphatic rings. The zero-order chi connectivity index (χ0) is 27.0. The van der Waals surface area contributed by atoms with Crippen LogP contribution in [0.25, 0.3) is 17.4 Å². The van der Waals surface area contributed by atoms with Gasteiger partial charge in [0.1, 0.15) is 12.0 Å². The molecule has 1 saturated heterocycles. The Kier molecular flexibility index (Phi) is 6.81. The molecule has 0 aromatic carbocycles.